The van der Waals surface area contributed by atoms with Crippen molar-refractivity contribution in [2.24, 2.45) is 0 Å². The third kappa shape index (κ3) is 5.17. The van der Waals surface area contributed by atoms with Gasteiger partial charge in [-0.2, -0.15) is 0 Å². The third-order valence-electron chi connectivity index (χ3n) is 5.94. The molecule has 1 fully saturated rings. The fraction of sp³-hybridized carbons (Fsp3) is 0.375. The lowest BCUT2D eigenvalue weighted by Gasteiger charge is -2.38. The summed E-state index contributed by atoms with van der Waals surface area (Å²) in [6.07, 6.45) is 0. The standard InChI is InChI=1S/C24H28ClN5OS/c1-3-30-23(20-10-7-11-21(25)16-20)26-27-24(30)32-17-22(31)29-14-12-28(13-15-29)18(2)19-8-5-4-6-9-19/h4-11,16,18H,3,12-15,17H2,1-2H3. The molecule has 0 aliphatic carbocycles. The zero-order chi connectivity index (χ0) is 22.5. The molecule has 0 bridgehead atoms. The SMILES string of the molecule is CCn1c(SCC(=O)N2CCN(C(C)c3ccccc3)CC2)nnc1-c1cccc(Cl)c1. The van der Waals surface area contributed by atoms with Crippen LogP contribution in [0.25, 0.3) is 11.4 Å². The van der Waals surface area contributed by atoms with Crippen LogP contribution in [0.1, 0.15) is 25.5 Å². The van der Waals surface area contributed by atoms with E-state index in [-0.39, 0.29) is 5.91 Å². The summed E-state index contributed by atoms with van der Waals surface area (Å²) in [5, 5.41) is 10.1. The van der Waals surface area contributed by atoms with E-state index in [4.69, 9.17) is 11.6 Å². The van der Waals surface area contributed by atoms with Crippen molar-refractivity contribution in [1.82, 2.24) is 24.6 Å². The van der Waals surface area contributed by atoms with Crippen molar-refractivity contribution < 1.29 is 4.79 Å². The molecule has 1 aliphatic rings. The Bertz CT molecular complexity index is 1050. The van der Waals surface area contributed by atoms with Crippen LogP contribution in [0.3, 0.4) is 0 Å². The van der Waals surface area contributed by atoms with Crippen LogP contribution in [0.15, 0.2) is 59.8 Å². The number of amides is 1. The highest BCUT2D eigenvalue weighted by Crippen LogP contribution is 2.26. The van der Waals surface area contributed by atoms with Crippen molar-refractivity contribution in [3.63, 3.8) is 0 Å². The van der Waals surface area contributed by atoms with Crippen molar-refractivity contribution in [2.75, 3.05) is 31.9 Å². The van der Waals surface area contributed by atoms with Gasteiger partial charge < -0.3 is 9.47 Å². The maximum atomic E-state index is 12.9. The molecule has 1 unspecified atom stereocenters. The van der Waals surface area contributed by atoms with Crippen molar-refractivity contribution in [1.29, 1.82) is 0 Å². The summed E-state index contributed by atoms with van der Waals surface area (Å²) in [5.41, 5.74) is 2.24. The Morgan fingerprint density at radius 3 is 2.50 bits per heavy atom. The van der Waals surface area contributed by atoms with Gasteiger partial charge in [0, 0.05) is 49.4 Å². The summed E-state index contributed by atoms with van der Waals surface area (Å²) in [6, 6.07) is 18.5. The molecule has 0 radical (unpaired) electrons. The first kappa shape index (κ1) is 22.8. The van der Waals surface area contributed by atoms with Crippen molar-refractivity contribution >= 4 is 29.3 Å². The first-order valence-corrected chi connectivity index (χ1v) is 12.3. The molecule has 0 spiro atoms. The zero-order valence-electron chi connectivity index (χ0n) is 18.4. The molecule has 1 aromatic heterocycles. The molecule has 168 valence electrons. The van der Waals surface area contributed by atoms with Crippen LogP contribution in [0, 0.1) is 0 Å². The van der Waals surface area contributed by atoms with Gasteiger partial charge in [0.1, 0.15) is 0 Å². The first-order valence-electron chi connectivity index (χ1n) is 11.0. The number of carbonyl (C=O) groups is 1. The molecule has 1 saturated heterocycles. The van der Waals surface area contributed by atoms with E-state index in [1.165, 1.54) is 17.3 Å². The van der Waals surface area contributed by atoms with Crippen LogP contribution in [-0.2, 0) is 11.3 Å². The Hall–Kier alpha value is -2.35. The Morgan fingerprint density at radius 1 is 1.06 bits per heavy atom. The molecular weight excluding hydrogens is 442 g/mol. The minimum Gasteiger partial charge on any atom is -0.339 e. The number of nitrogens with zero attached hydrogens (tertiary/aromatic N) is 5. The van der Waals surface area contributed by atoms with E-state index in [1.54, 1.807) is 0 Å². The van der Waals surface area contributed by atoms with Crippen molar-refractivity contribution in [3.8, 4) is 11.4 Å². The lowest BCUT2D eigenvalue weighted by atomic mass is 10.1. The number of hydrogen-bond acceptors (Lipinski definition) is 5. The van der Waals surface area contributed by atoms with Gasteiger partial charge in [0.25, 0.3) is 0 Å². The Morgan fingerprint density at radius 2 is 1.81 bits per heavy atom. The number of carbonyl (C=O) groups excluding carboxylic acids is 1. The zero-order valence-corrected chi connectivity index (χ0v) is 20.0. The number of aromatic nitrogens is 3. The first-order chi connectivity index (χ1) is 15.6. The highest BCUT2D eigenvalue weighted by molar-refractivity contribution is 7.99. The molecule has 4 rings (SSSR count). The van der Waals surface area contributed by atoms with Gasteiger partial charge in [-0.3, -0.25) is 9.69 Å². The summed E-state index contributed by atoms with van der Waals surface area (Å²) >= 11 is 7.58. The van der Waals surface area contributed by atoms with Gasteiger partial charge in [-0.25, -0.2) is 0 Å². The van der Waals surface area contributed by atoms with E-state index >= 15 is 0 Å². The highest BCUT2D eigenvalue weighted by Gasteiger charge is 2.25. The molecule has 2 aromatic carbocycles. The van der Waals surface area contributed by atoms with Crippen molar-refractivity contribution in [2.45, 2.75) is 31.6 Å². The van der Waals surface area contributed by atoms with Gasteiger partial charge in [0.15, 0.2) is 11.0 Å². The Balaban J connectivity index is 1.33. The quantitative estimate of drug-likeness (QED) is 0.473. The molecule has 8 heteroatoms. The van der Waals surface area contributed by atoms with Gasteiger partial charge in [0.05, 0.1) is 5.75 Å². The highest BCUT2D eigenvalue weighted by atomic mass is 35.5. The molecule has 6 nitrogen and oxygen atoms in total. The molecule has 1 atom stereocenters. The Labute approximate surface area is 198 Å². The summed E-state index contributed by atoms with van der Waals surface area (Å²) in [7, 11) is 0. The molecule has 3 aromatic rings. The minimum absolute atomic E-state index is 0.150. The van der Waals surface area contributed by atoms with Gasteiger partial charge in [-0.05, 0) is 31.5 Å². The summed E-state index contributed by atoms with van der Waals surface area (Å²) in [4.78, 5) is 17.3. The summed E-state index contributed by atoms with van der Waals surface area (Å²) in [6.45, 7) is 8.29. The van der Waals surface area contributed by atoms with E-state index in [0.29, 0.717) is 16.8 Å². The van der Waals surface area contributed by atoms with E-state index in [9.17, 15) is 4.79 Å². The summed E-state index contributed by atoms with van der Waals surface area (Å²) < 4.78 is 2.03. The molecule has 1 aliphatic heterocycles. The molecule has 0 N–H and O–H groups in total. The average molecular weight is 470 g/mol. The van der Waals surface area contributed by atoms with Gasteiger partial charge >= 0.3 is 0 Å². The number of benzene rings is 2. The Kier molecular flexibility index (Phi) is 7.50. The van der Waals surface area contributed by atoms with Crippen LogP contribution in [-0.4, -0.2) is 62.4 Å². The number of halogens is 1. The molecular formula is C24H28ClN5OS. The van der Waals surface area contributed by atoms with Crippen LogP contribution in [0.5, 0.6) is 0 Å². The van der Waals surface area contributed by atoms with Gasteiger partial charge in [-0.1, -0.05) is 65.8 Å². The molecule has 32 heavy (non-hydrogen) atoms. The second-order valence-corrected chi connectivity index (χ2v) is 9.23. The fourth-order valence-corrected chi connectivity index (χ4v) is 5.14. The van der Waals surface area contributed by atoms with E-state index in [0.717, 1.165) is 49.3 Å². The topological polar surface area (TPSA) is 54.3 Å². The largest absolute Gasteiger partial charge is 0.339 e. The average Bonchev–Trinajstić information content (AvgIpc) is 3.25. The molecule has 1 amide bonds. The summed E-state index contributed by atoms with van der Waals surface area (Å²) in [5.74, 6) is 1.28. The maximum Gasteiger partial charge on any atom is 0.233 e. The van der Waals surface area contributed by atoms with E-state index in [1.807, 2.05) is 39.8 Å². The maximum absolute atomic E-state index is 12.9. The van der Waals surface area contributed by atoms with Crippen LogP contribution >= 0.6 is 23.4 Å². The monoisotopic (exact) mass is 469 g/mol. The number of thioether (sulfide) groups is 1. The lowest BCUT2D eigenvalue weighted by molar-refractivity contribution is -0.130. The molecule has 2 heterocycles. The number of hydrogen-bond donors (Lipinski definition) is 0. The normalized spacial score (nSPS) is 15.7. The molecule has 0 saturated carbocycles. The smallest absolute Gasteiger partial charge is 0.233 e. The second kappa shape index (κ2) is 10.5. The van der Waals surface area contributed by atoms with E-state index in [2.05, 4.69) is 53.2 Å². The predicted molar refractivity (Wildman–Crippen MR) is 130 cm³/mol. The van der Waals surface area contributed by atoms with Gasteiger partial charge in [-0.15, -0.1) is 10.2 Å². The van der Waals surface area contributed by atoms with Crippen LogP contribution in [0.4, 0.5) is 0 Å². The third-order valence-corrected chi connectivity index (χ3v) is 7.12. The van der Waals surface area contributed by atoms with E-state index < -0.39 is 0 Å². The van der Waals surface area contributed by atoms with Crippen molar-refractivity contribution in [3.05, 3.63) is 65.2 Å². The van der Waals surface area contributed by atoms with Gasteiger partial charge in [0.2, 0.25) is 5.91 Å². The number of rotatable bonds is 7. The minimum atomic E-state index is 0.150. The fourth-order valence-electron chi connectivity index (χ4n) is 4.04. The van der Waals surface area contributed by atoms with Crippen LogP contribution in [0.2, 0.25) is 5.02 Å². The predicted octanol–water partition coefficient (Wildman–Crippen LogP) is 4.62. The number of piperazine rings is 1. The second-order valence-electron chi connectivity index (χ2n) is 7.85. The lowest BCUT2D eigenvalue weighted by Crippen LogP contribution is -2.49. The van der Waals surface area contributed by atoms with Crippen LogP contribution < -0.4 is 0 Å².